The zero-order chi connectivity index (χ0) is 20.8. The lowest BCUT2D eigenvalue weighted by atomic mass is 10.0. The van der Waals surface area contributed by atoms with Gasteiger partial charge in [-0.05, 0) is 18.4 Å². The van der Waals surface area contributed by atoms with Crippen LogP contribution in [-0.4, -0.2) is 45.8 Å². The fourth-order valence-electron chi connectivity index (χ4n) is 2.33. The lowest BCUT2D eigenvalue weighted by molar-refractivity contribution is -0.143. The standard InChI is InChI=1S/C21H26O7/c1-25-19(22)14-18(21(24)27-3)17(20(23)26-2)12-8-5-9-13-28-15-16-10-6-4-7-11-16/h4-8,10-11H,9,12-15H2,1-3H3. The van der Waals surface area contributed by atoms with Crippen LogP contribution in [-0.2, 0) is 39.9 Å². The van der Waals surface area contributed by atoms with Crippen LogP contribution in [0.5, 0.6) is 0 Å². The van der Waals surface area contributed by atoms with Crippen molar-refractivity contribution >= 4 is 17.9 Å². The van der Waals surface area contributed by atoms with Crippen LogP contribution in [0.1, 0.15) is 24.8 Å². The van der Waals surface area contributed by atoms with E-state index < -0.39 is 17.9 Å². The van der Waals surface area contributed by atoms with Crippen LogP contribution in [0.15, 0.2) is 53.6 Å². The first kappa shape index (κ1) is 23.1. The van der Waals surface area contributed by atoms with E-state index in [2.05, 4.69) is 9.47 Å². The Hall–Kier alpha value is -2.93. The van der Waals surface area contributed by atoms with E-state index in [9.17, 15) is 14.4 Å². The minimum atomic E-state index is -0.773. The topological polar surface area (TPSA) is 88.1 Å². The molecule has 152 valence electrons. The lowest BCUT2D eigenvalue weighted by Gasteiger charge is -2.10. The molecule has 0 N–H and O–H groups in total. The molecule has 0 aliphatic rings. The summed E-state index contributed by atoms with van der Waals surface area (Å²) >= 11 is 0. The second-order valence-corrected chi connectivity index (χ2v) is 5.70. The van der Waals surface area contributed by atoms with Crippen molar-refractivity contribution < 1.29 is 33.3 Å². The molecule has 0 atom stereocenters. The number of benzene rings is 1. The quantitative estimate of drug-likeness (QED) is 0.189. The molecule has 1 aromatic carbocycles. The van der Waals surface area contributed by atoms with Crippen LogP contribution >= 0.6 is 0 Å². The molecule has 0 heterocycles. The van der Waals surface area contributed by atoms with Crippen molar-refractivity contribution in [1.82, 2.24) is 0 Å². The van der Waals surface area contributed by atoms with E-state index in [-0.39, 0.29) is 24.0 Å². The smallest absolute Gasteiger partial charge is 0.334 e. The van der Waals surface area contributed by atoms with Crippen molar-refractivity contribution in [3.05, 3.63) is 59.2 Å². The van der Waals surface area contributed by atoms with Crippen molar-refractivity contribution in [1.29, 1.82) is 0 Å². The molecule has 0 amide bonds. The Morgan fingerprint density at radius 3 is 2.11 bits per heavy atom. The summed E-state index contributed by atoms with van der Waals surface area (Å²) in [6, 6.07) is 9.82. The fraction of sp³-hybridized carbons (Fsp3) is 0.381. The Kier molecular flexibility index (Phi) is 11.0. The number of rotatable bonds is 11. The number of esters is 3. The number of hydrogen-bond acceptors (Lipinski definition) is 7. The maximum absolute atomic E-state index is 12.1. The van der Waals surface area contributed by atoms with Crippen molar-refractivity contribution in [3.8, 4) is 0 Å². The number of methoxy groups -OCH3 is 3. The predicted octanol–water partition coefficient (Wildman–Crippen LogP) is 2.75. The highest BCUT2D eigenvalue weighted by Crippen LogP contribution is 2.18. The Balaban J connectivity index is 2.68. The molecule has 1 aromatic rings. The second-order valence-electron chi connectivity index (χ2n) is 5.70. The van der Waals surface area contributed by atoms with Crippen molar-refractivity contribution in [2.24, 2.45) is 0 Å². The molecule has 0 fully saturated rings. The Labute approximate surface area is 164 Å². The highest BCUT2D eigenvalue weighted by Gasteiger charge is 2.24. The molecule has 0 bridgehead atoms. The average molecular weight is 390 g/mol. The Morgan fingerprint density at radius 1 is 0.857 bits per heavy atom. The van der Waals surface area contributed by atoms with E-state index in [1.54, 1.807) is 6.08 Å². The maximum atomic E-state index is 12.1. The monoisotopic (exact) mass is 390 g/mol. The van der Waals surface area contributed by atoms with Crippen molar-refractivity contribution in [3.63, 3.8) is 0 Å². The third kappa shape index (κ3) is 8.18. The number of carbonyl (C=O) groups excluding carboxylic acids is 3. The van der Waals surface area contributed by atoms with Crippen molar-refractivity contribution in [2.45, 2.75) is 25.9 Å². The van der Waals surface area contributed by atoms with E-state index in [0.717, 1.165) is 5.56 Å². The van der Waals surface area contributed by atoms with E-state index >= 15 is 0 Å². The van der Waals surface area contributed by atoms with Gasteiger partial charge < -0.3 is 18.9 Å². The summed E-state index contributed by atoms with van der Waals surface area (Å²) in [7, 11) is 3.58. The van der Waals surface area contributed by atoms with Gasteiger partial charge in [0.25, 0.3) is 0 Å². The molecule has 0 aliphatic carbocycles. The summed E-state index contributed by atoms with van der Waals surface area (Å²) in [5.41, 5.74) is 1.07. The second kappa shape index (κ2) is 13.3. The largest absolute Gasteiger partial charge is 0.469 e. The normalized spacial score (nSPS) is 11.7. The molecule has 1 rings (SSSR count). The van der Waals surface area contributed by atoms with Gasteiger partial charge in [-0.2, -0.15) is 0 Å². The van der Waals surface area contributed by atoms with Crippen LogP contribution in [0.2, 0.25) is 0 Å². The van der Waals surface area contributed by atoms with Crippen LogP contribution in [0.25, 0.3) is 0 Å². The van der Waals surface area contributed by atoms with Gasteiger partial charge in [0.05, 0.1) is 52.1 Å². The molecule has 0 aromatic heterocycles. The SMILES string of the molecule is COC(=O)CC(C(=O)OC)=C(CC=CCCOCc1ccccc1)C(=O)OC. The minimum absolute atomic E-state index is 0.0567. The van der Waals surface area contributed by atoms with E-state index in [4.69, 9.17) is 9.47 Å². The molecule has 0 saturated carbocycles. The van der Waals surface area contributed by atoms with Gasteiger partial charge in [-0.25, -0.2) is 9.59 Å². The van der Waals surface area contributed by atoms with Gasteiger partial charge in [-0.15, -0.1) is 0 Å². The molecule has 0 unspecified atom stereocenters. The summed E-state index contributed by atoms with van der Waals surface area (Å²) in [5.74, 6) is -2.13. The molecule has 28 heavy (non-hydrogen) atoms. The molecule has 0 radical (unpaired) electrons. The molecule has 7 heteroatoms. The summed E-state index contributed by atoms with van der Waals surface area (Å²) in [6.07, 6.45) is 3.93. The average Bonchev–Trinajstić information content (AvgIpc) is 2.73. The van der Waals surface area contributed by atoms with Gasteiger partial charge in [0.2, 0.25) is 0 Å². The zero-order valence-electron chi connectivity index (χ0n) is 16.4. The summed E-state index contributed by atoms with van der Waals surface area (Å²) in [6.45, 7) is 1.03. The first-order chi connectivity index (χ1) is 13.5. The molecular weight excluding hydrogens is 364 g/mol. The van der Waals surface area contributed by atoms with Gasteiger partial charge in [-0.3, -0.25) is 4.79 Å². The van der Waals surface area contributed by atoms with E-state index in [1.807, 2.05) is 36.4 Å². The minimum Gasteiger partial charge on any atom is -0.469 e. The summed E-state index contributed by atoms with van der Waals surface area (Å²) < 4.78 is 19.6. The van der Waals surface area contributed by atoms with Crippen LogP contribution in [0.3, 0.4) is 0 Å². The Bertz CT molecular complexity index is 705. The van der Waals surface area contributed by atoms with Gasteiger partial charge in [0.1, 0.15) is 0 Å². The first-order valence-electron chi connectivity index (χ1n) is 8.75. The Morgan fingerprint density at radius 2 is 1.50 bits per heavy atom. The van der Waals surface area contributed by atoms with Crippen LogP contribution in [0.4, 0.5) is 0 Å². The van der Waals surface area contributed by atoms with Crippen molar-refractivity contribution in [2.75, 3.05) is 27.9 Å². The highest BCUT2D eigenvalue weighted by molar-refractivity contribution is 6.03. The number of carbonyl (C=O) groups is 3. The van der Waals surface area contributed by atoms with Gasteiger partial charge >= 0.3 is 17.9 Å². The molecule has 0 saturated heterocycles. The number of allylic oxidation sites excluding steroid dienone is 1. The number of hydrogen-bond donors (Lipinski definition) is 0. The van der Waals surface area contributed by atoms with Gasteiger partial charge in [0.15, 0.2) is 0 Å². The van der Waals surface area contributed by atoms with Gasteiger partial charge in [0, 0.05) is 0 Å². The maximum Gasteiger partial charge on any atom is 0.334 e. The fourth-order valence-corrected chi connectivity index (χ4v) is 2.33. The third-order valence-corrected chi connectivity index (χ3v) is 3.81. The first-order valence-corrected chi connectivity index (χ1v) is 8.75. The zero-order valence-corrected chi connectivity index (χ0v) is 16.4. The summed E-state index contributed by atoms with van der Waals surface area (Å²) in [5, 5.41) is 0. The van der Waals surface area contributed by atoms with Gasteiger partial charge in [-0.1, -0.05) is 42.5 Å². The molecule has 0 aliphatic heterocycles. The van der Waals surface area contributed by atoms with E-state index in [0.29, 0.717) is 19.6 Å². The molecule has 7 nitrogen and oxygen atoms in total. The molecule has 0 spiro atoms. The predicted molar refractivity (Wildman–Crippen MR) is 102 cm³/mol. The highest BCUT2D eigenvalue weighted by atomic mass is 16.5. The number of ether oxygens (including phenoxy) is 4. The van der Waals surface area contributed by atoms with E-state index in [1.165, 1.54) is 21.3 Å². The summed E-state index contributed by atoms with van der Waals surface area (Å²) in [4.78, 5) is 35.6. The van der Waals surface area contributed by atoms with Crippen LogP contribution < -0.4 is 0 Å². The molecular formula is C21H26O7. The lowest BCUT2D eigenvalue weighted by Crippen LogP contribution is -2.18. The third-order valence-electron chi connectivity index (χ3n) is 3.81. The van der Waals surface area contributed by atoms with Crippen LogP contribution in [0, 0.1) is 0 Å².